The molecule has 0 radical (unpaired) electrons. The van der Waals surface area contributed by atoms with Gasteiger partial charge in [-0.1, -0.05) is 6.07 Å². The van der Waals surface area contributed by atoms with Crippen LogP contribution in [0.4, 0.5) is 14.7 Å². The summed E-state index contributed by atoms with van der Waals surface area (Å²) in [5.74, 6) is -1.75. The maximum atomic E-state index is 13.8. The molecular formula is C13H9F2N5OS. The normalized spacial score (nSPS) is 10.7. The summed E-state index contributed by atoms with van der Waals surface area (Å²) < 4.78 is 27.6. The fraction of sp³-hybridized carbons (Fsp3) is 0.0769. The number of carbonyl (C=O) groups is 1. The van der Waals surface area contributed by atoms with Crippen molar-refractivity contribution in [2.24, 2.45) is 0 Å². The summed E-state index contributed by atoms with van der Waals surface area (Å²) in [6, 6.07) is 3.55. The molecule has 0 unspecified atom stereocenters. The number of aromatic nitrogens is 4. The van der Waals surface area contributed by atoms with Gasteiger partial charge in [0, 0.05) is 0 Å². The Morgan fingerprint density at radius 2 is 2.05 bits per heavy atom. The van der Waals surface area contributed by atoms with E-state index in [1.54, 1.807) is 6.92 Å². The van der Waals surface area contributed by atoms with Gasteiger partial charge in [0.05, 0.1) is 11.3 Å². The van der Waals surface area contributed by atoms with Gasteiger partial charge in [-0.15, -0.1) is 11.3 Å². The number of nitrogens with zero attached hydrogens (tertiary/aromatic N) is 3. The molecule has 2 heterocycles. The number of carbonyl (C=O) groups excluding carboxylic acids is 1. The number of aryl methyl sites for hydroxylation is 1. The highest BCUT2D eigenvalue weighted by Crippen LogP contribution is 2.32. The van der Waals surface area contributed by atoms with Gasteiger partial charge < -0.3 is 0 Å². The molecule has 9 heteroatoms. The second kappa shape index (κ2) is 5.60. The monoisotopic (exact) mass is 321 g/mol. The maximum Gasteiger partial charge on any atom is 0.270 e. The van der Waals surface area contributed by atoms with Gasteiger partial charge in [0.2, 0.25) is 5.95 Å². The van der Waals surface area contributed by atoms with Gasteiger partial charge in [0.15, 0.2) is 0 Å². The summed E-state index contributed by atoms with van der Waals surface area (Å²) in [4.78, 5) is 20.2. The smallest absolute Gasteiger partial charge is 0.270 e. The summed E-state index contributed by atoms with van der Waals surface area (Å²) >= 11 is 0.906. The van der Waals surface area contributed by atoms with E-state index in [9.17, 15) is 13.6 Å². The largest absolute Gasteiger partial charge is 0.290 e. The number of hydrogen-bond acceptors (Lipinski definition) is 5. The molecule has 0 aliphatic heterocycles. The number of rotatable bonds is 3. The van der Waals surface area contributed by atoms with Crippen LogP contribution in [0.2, 0.25) is 0 Å². The molecule has 112 valence electrons. The second-order valence-electron chi connectivity index (χ2n) is 4.32. The minimum Gasteiger partial charge on any atom is -0.290 e. The van der Waals surface area contributed by atoms with Crippen LogP contribution in [-0.4, -0.2) is 26.1 Å². The molecule has 3 aromatic rings. The predicted molar refractivity (Wildman–Crippen MR) is 76.5 cm³/mol. The van der Waals surface area contributed by atoms with Crippen LogP contribution in [0.25, 0.3) is 10.6 Å². The van der Waals surface area contributed by atoms with Crippen molar-refractivity contribution in [2.75, 3.05) is 5.32 Å². The molecule has 1 amide bonds. The standard InChI is InChI=1S/C13H9F2N5OS/c1-6-10(11(21)19-13-16-5-17-20-13)22-12(18-6)9-7(14)3-2-4-8(9)15/h2-5H,1H3,(H2,16,17,19,20,21). The van der Waals surface area contributed by atoms with E-state index in [1.165, 1.54) is 12.4 Å². The topological polar surface area (TPSA) is 83.6 Å². The number of nitrogens with one attached hydrogen (secondary N) is 2. The molecule has 0 bridgehead atoms. The highest BCUT2D eigenvalue weighted by atomic mass is 32.1. The zero-order valence-electron chi connectivity index (χ0n) is 11.2. The van der Waals surface area contributed by atoms with E-state index in [1.807, 2.05) is 0 Å². The van der Waals surface area contributed by atoms with Crippen LogP contribution >= 0.6 is 11.3 Å². The number of benzene rings is 1. The first-order valence-electron chi connectivity index (χ1n) is 6.15. The van der Waals surface area contributed by atoms with E-state index in [-0.39, 0.29) is 21.4 Å². The van der Waals surface area contributed by atoms with Crippen molar-refractivity contribution < 1.29 is 13.6 Å². The SMILES string of the molecule is Cc1nc(-c2c(F)cccc2F)sc1C(=O)Nc1ncn[nH]1. The number of amides is 1. The maximum absolute atomic E-state index is 13.8. The van der Waals surface area contributed by atoms with E-state index in [4.69, 9.17) is 0 Å². The molecule has 0 aliphatic rings. The zero-order valence-corrected chi connectivity index (χ0v) is 12.0. The van der Waals surface area contributed by atoms with Gasteiger partial charge >= 0.3 is 0 Å². The third-order valence-corrected chi connectivity index (χ3v) is 4.00. The fourth-order valence-corrected chi connectivity index (χ4v) is 2.86. The van der Waals surface area contributed by atoms with Crippen molar-refractivity contribution >= 4 is 23.2 Å². The van der Waals surface area contributed by atoms with Crippen molar-refractivity contribution in [3.05, 3.63) is 46.7 Å². The molecule has 1 aromatic carbocycles. The van der Waals surface area contributed by atoms with Crippen LogP contribution in [0.1, 0.15) is 15.4 Å². The van der Waals surface area contributed by atoms with Crippen LogP contribution in [-0.2, 0) is 0 Å². The molecule has 2 aromatic heterocycles. The van der Waals surface area contributed by atoms with Crippen LogP contribution in [0.15, 0.2) is 24.5 Å². The molecule has 0 atom stereocenters. The number of anilines is 1. The number of H-pyrrole nitrogens is 1. The van der Waals surface area contributed by atoms with Gasteiger partial charge in [-0.2, -0.15) is 10.1 Å². The van der Waals surface area contributed by atoms with Crippen molar-refractivity contribution in [1.82, 2.24) is 20.2 Å². The molecule has 22 heavy (non-hydrogen) atoms. The molecule has 0 spiro atoms. The number of hydrogen-bond donors (Lipinski definition) is 2. The third-order valence-electron chi connectivity index (χ3n) is 2.83. The number of thiazole rings is 1. The summed E-state index contributed by atoms with van der Waals surface area (Å²) in [7, 11) is 0. The lowest BCUT2D eigenvalue weighted by Crippen LogP contribution is -2.12. The van der Waals surface area contributed by atoms with E-state index < -0.39 is 17.5 Å². The average Bonchev–Trinajstić information content (AvgIpc) is 3.08. The molecule has 3 rings (SSSR count). The Morgan fingerprint density at radius 1 is 1.32 bits per heavy atom. The Kier molecular flexibility index (Phi) is 3.63. The quantitative estimate of drug-likeness (QED) is 0.777. The van der Waals surface area contributed by atoms with Gasteiger partial charge in [0.1, 0.15) is 27.8 Å². The van der Waals surface area contributed by atoms with Crippen LogP contribution in [0.5, 0.6) is 0 Å². The molecule has 2 N–H and O–H groups in total. The average molecular weight is 321 g/mol. The molecule has 6 nitrogen and oxygen atoms in total. The first kappa shape index (κ1) is 14.3. The first-order valence-corrected chi connectivity index (χ1v) is 6.96. The second-order valence-corrected chi connectivity index (χ2v) is 5.32. The summed E-state index contributed by atoms with van der Waals surface area (Å²) in [6.45, 7) is 1.59. The van der Waals surface area contributed by atoms with Gasteiger partial charge in [0.25, 0.3) is 5.91 Å². The first-order chi connectivity index (χ1) is 10.6. The van der Waals surface area contributed by atoms with E-state index >= 15 is 0 Å². The van der Waals surface area contributed by atoms with Crippen molar-refractivity contribution in [3.63, 3.8) is 0 Å². The van der Waals surface area contributed by atoms with Gasteiger partial charge in [-0.25, -0.2) is 18.9 Å². The summed E-state index contributed by atoms with van der Waals surface area (Å²) in [5, 5.41) is 8.69. The third kappa shape index (κ3) is 2.58. The molecule has 0 saturated carbocycles. The van der Waals surface area contributed by atoms with E-state index in [0.29, 0.717) is 5.69 Å². The minimum absolute atomic E-state index is 0.107. The van der Waals surface area contributed by atoms with Gasteiger partial charge in [-0.3, -0.25) is 10.1 Å². The van der Waals surface area contributed by atoms with Gasteiger partial charge in [-0.05, 0) is 19.1 Å². The predicted octanol–water partition coefficient (Wildman–Crippen LogP) is 2.77. The molecular weight excluding hydrogens is 312 g/mol. The number of aromatic amines is 1. The van der Waals surface area contributed by atoms with Crippen molar-refractivity contribution in [3.8, 4) is 10.6 Å². The highest BCUT2D eigenvalue weighted by Gasteiger charge is 2.21. The lowest BCUT2D eigenvalue weighted by molar-refractivity contribution is 0.102. The molecule has 0 fully saturated rings. The minimum atomic E-state index is -0.726. The lowest BCUT2D eigenvalue weighted by Gasteiger charge is -2.00. The fourth-order valence-electron chi connectivity index (χ4n) is 1.85. The van der Waals surface area contributed by atoms with E-state index in [2.05, 4.69) is 25.5 Å². The highest BCUT2D eigenvalue weighted by molar-refractivity contribution is 7.17. The molecule has 0 aliphatic carbocycles. The van der Waals surface area contributed by atoms with Crippen LogP contribution in [0, 0.1) is 18.6 Å². The zero-order chi connectivity index (χ0) is 15.7. The van der Waals surface area contributed by atoms with E-state index in [0.717, 1.165) is 23.5 Å². The Balaban J connectivity index is 1.96. The Morgan fingerprint density at radius 3 is 2.68 bits per heavy atom. The Bertz CT molecular complexity index is 811. The Hall–Kier alpha value is -2.68. The molecule has 0 saturated heterocycles. The number of halogens is 2. The Labute approximate surface area is 127 Å². The summed E-state index contributed by atoms with van der Waals surface area (Å²) in [6.07, 6.45) is 1.25. The summed E-state index contributed by atoms with van der Waals surface area (Å²) in [5.41, 5.74) is 0.133. The van der Waals surface area contributed by atoms with Crippen molar-refractivity contribution in [1.29, 1.82) is 0 Å². The van der Waals surface area contributed by atoms with Crippen LogP contribution < -0.4 is 5.32 Å². The lowest BCUT2D eigenvalue weighted by atomic mass is 10.2. The van der Waals surface area contributed by atoms with Crippen molar-refractivity contribution in [2.45, 2.75) is 6.92 Å². The van der Waals surface area contributed by atoms with Crippen LogP contribution in [0.3, 0.4) is 0 Å².